The van der Waals surface area contributed by atoms with E-state index in [4.69, 9.17) is 4.74 Å². The second kappa shape index (κ2) is 6.47. The third kappa shape index (κ3) is 3.28. The van der Waals surface area contributed by atoms with Gasteiger partial charge in [0.2, 0.25) is 0 Å². The van der Waals surface area contributed by atoms with Gasteiger partial charge in [-0.15, -0.1) is 0 Å². The van der Waals surface area contributed by atoms with E-state index in [1.807, 2.05) is 19.9 Å². The van der Waals surface area contributed by atoms with E-state index in [1.165, 1.54) is 10.9 Å². The number of pyridine rings is 1. The first-order chi connectivity index (χ1) is 8.81. The molecule has 3 heteroatoms. The van der Waals surface area contributed by atoms with Crippen molar-refractivity contribution in [2.24, 2.45) is 0 Å². The maximum Gasteiger partial charge on any atom is 0.0708 e. The lowest BCUT2D eigenvalue weighted by Gasteiger charge is -2.09. The fourth-order valence-corrected chi connectivity index (χ4v) is 2.05. The maximum atomic E-state index is 5.31. The molecule has 0 saturated carbocycles. The minimum atomic E-state index is 0.762. The van der Waals surface area contributed by atoms with Gasteiger partial charge in [-0.3, -0.25) is 4.98 Å². The van der Waals surface area contributed by atoms with Gasteiger partial charge in [-0.1, -0.05) is 18.2 Å². The summed E-state index contributed by atoms with van der Waals surface area (Å²) in [6.07, 6.45) is 0. The number of benzene rings is 1. The Morgan fingerprint density at radius 1 is 1.28 bits per heavy atom. The van der Waals surface area contributed by atoms with Crippen LogP contribution in [0, 0.1) is 6.92 Å². The average Bonchev–Trinajstić information content (AvgIpc) is 2.38. The van der Waals surface area contributed by atoms with Gasteiger partial charge in [0.15, 0.2) is 0 Å². The Morgan fingerprint density at radius 2 is 2.11 bits per heavy atom. The van der Waals surface area contributed by atoms with E-state index in [1.54, 1.807) is 0 Å². The van der Waals surface area contributed by atoms with Crippen molar-refractivity contribution >= 4 is 10.9 Å². The van der Waals surface area contributed by atoms with Crippen LogP contribution in [0.15, 0.2) is 30.3 Å². The summed E-state index contributed by atoms with van der Waals surface area (Å²) in [6, 6.07) is 10.4. The van der Waals surface area contributed by atoms with Gasteiger partial charge in [-0.2, -0.15) is 0 Å². The summed E-state index contributed by atoms with van der Waals surface area (Å²) in [4.78, 5) is 4.54. The number of aromatic nitrogens is 1. The standard InChI is InChI=1S/C15H20N2O/c1-3-18-9-8-16-11-13-10-12(2)17-15-7-5-4-6-14(13)15/h4-7,10,16H,3,8-9,11H2,1-2H3. The fourth-order valence-electron chi connectivity index (χ4n) is 2.05. The molecule has 1 aromatic carbocycles. The average molecular weight is 244 g/mol. The Morgan fingerprint density at radius 3 is 2.94 bits per heavy atom. The third-order valence-corrected chi connectivity index (χ3v) is 2.87. The molecule has 0 bridgehead atoms. The molecule has 1 N–H and O–H groups in total. The van der Waals surface area contributed by atoms with Crippen LogP contribution < -0.4 is 5.32 Å². The minimum Gasteiger partial charge on any atom is -0.380 e. The number of nitrogens with zero attached hydrogens (tertiary/aromatic N) is 1. The van der Waals surface area contributed by atoms with Crippen LogP contribution in [0.4, 0.5) is 0 Å². The van der Waals surface area contributed by atoms with Gasteiger partial charge in [-0.25, -0.2) is 0 Å². The van der Waals surface area contributed by atoms with Crippen LogP contribution in [0.5, 0.6) is 0 Å². The Kier molecular flexibility index (Phi) is 4.67. The summed E-state index contributed by atoms with van der Waals surface area (Å²) in [6.45, 7) is 7.33. The number of nitrogens with one attached hydrogen (secondary N) is 1. The van der Waals surface area contributed by atoms with E-state index in [-0.39, 0.29) is 0 Å². The van der Waals surface area contributed by atoms with Crippen molar-refractivity contribution in [2.45, 2.75) is 20.4 Å². The Balaban J connectivity index is 2.07. The van der Waals surface area contributed by atoms with E-state index in [2.05, 4.69) is 34.6 Å². The molecule has 1 aromatic heterocycles. The van der Waals surface area contributed by atoms with Gasteiger partial charge in [0.05, 0.1) is 12.1 Å². The van der Waals surface area contributed by atoms with Crippen molar-refractivity contribution in [1.29, 1.82) is 0 Å². The van der Waals surface area contributed by atoms with Crippen LogP contribution in [0.2, 0.25) is 0 Å². The molecular formula is C15H20N2O. The van der Waals surface area contributed by atoms with Crippen molar-refractivity contribution in [1.82, 2.24) is 10.3 Å². The third-order valence-electron chi connectivity index (χ3n) is 2.87. The van der Waals surface area contributed by atoms with Gasteiger partial charge in [-0.05, 0) is 31.5 Å². The monoisotopic (exact) mass is 244 g/mol. The molecule has 18 heavy (non-hydrogen) atoms. The quantitative estimate of drug-likeness (QED) is 0.793. The largest absolute Gasteiger partial charge is 0.380 e. The van der Waals surface area contributed by atoms with Gasteiger partial charge in [0, 0.05) is 30.8 Å². The highest BCUT2D eigenvalue weighted by atomic mass is 16.5. The molecule has 0 spiro atoms. The predicted octanol–water partition coefficient (Wildman–Crippen LogP) is 2.67. The molecule has 0 aliphatic rings. The summed E-state index contributed by atoms with van der Waals surface area (Å²) in [5, 5.41) is 4.63. The van der Waals surface area contributed by atoms with Crippen LogP contribution in [0.1, 0.15) is 18.2 Å². The summed E-state index contributed by atoms with van der Waals surface area (Å²) in [5.41, 5.74) is 3.43. The molecule has 2 rings (SSSR count). The van der Waals surface area contributed by atoms with Crippen LogP contribution >= 0.6 is 0 Å². The molecule has 1 heterocycles. The predicted molar refractivity (Wildman–Crippen MR) is 74.7 cm³/mol. The Hall–Kier alpha value is -1.45. The van der Waals surface area contributed by atoms with Crippen LogP contribution in [0.3, 0.4) is 0 Å². The molecule has 0 radical (unpaired) electrons. The number of fused-ring (bicyclic) bond motifs is 1. The zero-order chi connectivity index (χ0) is 12.8. The van der Waals surface area contributed by atoms with Crippen LogP contribution in [-0.2, 0) is 11.3 Å². The Labute approximate surface area is 108 Å². The van der Waals surface area contributed by atoms with Gasteiger partial charge in [0.25, 0.3) is 0 Å². The van der Waals surface area contributed by atoms with E-state index in [0.29, 0.717) is 0 Å². The molecule has 2 aromatic rings. The summed E-state index contributed by atoms with van der Waals surface area (Å²) < 4.78 is 5.31. The molecule has 0 aliphatic carbocycles. The van der Waals surface area contributed by atoms with Crippen molar-refractivity contribution < 1.29 is 4.74 Å². The molecule has 0 atom stereocenters. The molecule has 0 unspecified atom stereocenters. The second-order valence-electron chi connectivity index (χ2n) is 4.31. The lowest BCUT2D eigenvalue weighted by Crippen LogP contribution is -2.19. The number of hydrogen-bond acceptors (Lipinski definition) is 3. The lowest BCUT2D eigenvalue weighted by molar-refractivity contribution is 0.149. The first kappa shape index (κ1) is 13.0. The first-order valence-electron chi connectivity index (χ1n) is 6.45. The highest BCUT2D eigenvalue weighted by Gasteiger charge is 2.02. The number of ether oxygens (including phenoxy) is 1. The smallest absolute Gasteiger partial charge is 0.0708 e. The normalized spacial score (nSPS) is 11.0. The Bertz CT molecular complexity index is 511. The zero-order valence-electron chi connectivity index (χ0n) is 11.1. The highest BCUT2D eigenvalue weighted by Crippen LogP contribution is 2.17. The second-order valence-corrected chi connectivity index (χ2v) is 4.31. The van der Waals surface area contributed by atoms with Crippen molar-refractivity contribution in [2.75, 3.05) is 19.8 Å². The number of rotatable bonds is 6. The maximum absolute atomic E-state index is 5.31. The van der Waals surface area contributed by atoms with Crippen LogP contribution in [-0.4, -0.2) is 24.7 Å². The van der Waals surface area contributed by atoms with Crippen molar-refractivity contribution in [3.8, 4) is 0 Å². The number of para-hydroxylation sites is 1. The number of hydrogen-bond donors (Lipinski definition) is 1. The van der Waals surface area contributed by atoms with Crippen molar-refractivity contribution in [3.05, 3.63) is 41.6 Å². The molecule has 96 valence electrons. The fraction of sp³-hybridized carbons (Fsp3) is 0.400. The molecule has 0 aliphatic heterocycles. The minimum absolute atomic E-state index is 0.762. The number of aryl methyl sites for hydroxylation is 1. The molecule has 3 nitrogen and oxygen atoms in total. The van der Waals surface area contributed by atoms with Crippen LogP contribution in [0.25, 0.3) is 10.9 Å². The van der Waals surface area contributed by atoms with E-state index in [0.717, 1.165) is 37.5 Å². The molecule has 0 amide bonds. The van der Waals surface area contributed by atoms with Gasteiger partial charge >= 0.3 is 0 Å². The summed E-state index contributed by atoms with van der Waals surface area (Å²) in [7, 11) is 0. The van der Waals surface area contributed by atoms with E-state index < -0.39 is 0 Å². The summed E-state index contributed by atoms with van der Waals surface area (Å²) in [5.74, 6) is 0. The van der Waals surface area contributed by atoms with Gasteiger partial charge in [0.1, 0.15) is 0 Å². The molecule has 0 saturated heterocycles. The van der Waals surface area contributed by atoms with E-state index in [9.17, 15) is 0 Å². The van der Waals surface area contributed by atoms with Gasteiger partial charge < -0.3 is 10.1 Å². The SMILES string of the molecule is CCOCCNCc1cc(C)nc2ccccc12. The summed E-state index contributed by atoms with van der Waals surface area (Å²) >= 11 is 0. The van der Waals surface area contributed by atoms with Crippen molar-refractivity contribution in [3.63, 3.8) is 0 Å². The topological polar surface area (TPSA) is 34.1 Å². The lowest BCUT2D eigenvalue weighted by atomic mass is 10.1. The molecule has 0 fully saturated rings. The van der Waals surface area contributed by atoms with E-state index >= 15 is 0 Å². The molecular weight excluding hydrogens is 224 g/mol. The zero-order valence-corrected chi connectivity index (χ0v) is 11.1. The first-order valence-corrected chi connectivity index (χ1v) is 6.45. The highest BCUT2D eigenvalue weighted by molar-refractivity contribution is 5.82.